The summed E-state index contributed by atoms with van der Waals surface area (Å²) in [5.41, 5.74) is 3.00. The lowest BCUT2D eigenvalue weighted by Gasteiger charge is -2.18. The molecule has 8 heteroatoms. The van der Waals surface area contributed by atoms with Gasteiger partial charge in [-0.3, -0.25) is 4.68 Å². The molecule has 1 aromatic heterocycles. The second kappa shape index (κ2) is 8.27. The molecule has 0 unspecified atom stereocenters. The van der Waals surface area contributed by atoms with Crippen molar-refractivity contribution >= 4 is 0 Å². The van der Waals surface area contributed by atoms with Crippen molar-refractivity contribution in [2.75, 3.05) is 0 Å². The number of halogens is 5. The monoisotopic (exact) mass is 390 g/mol. The lowest BCUT2D eigenvalue weighted by Crippen LogP contribution is -2.21. The molecule has 0 bridgehead atoms. The van der Waals surface area contributed by atoms with E-state index in [9.17, 15) is 22.0 Å². The highest BCUT2D eigenvalue weighted by Gasteiger charge is 2.35. The summed E-state index contributed by atoms with van der Waals surface area (Å²) in [4.78, 5) is 0. The maximum absolute atomic E-state index is 12.9. The van der Waals surface area contributed by atoms with E-state index in [1.807, 2.05) is 20.8 Å². The summed E-state index contributed by atoms with van der Waals surface area (Å²) < 4.78 is 70.7. The molecule has 0 fully saturated rings. The molecule has 2 rings (SSSR count). The minimum atomic E-state index is -4.35. The number of alkyl halides is 5. The number of rotatable bonds is 7. The lowest BCUT2D eigenvalue weighted by atomic mass is 9.97. The van der Waals surface area contributed by atoms with Gasteiger partial charge in [-0.1, -0.05) is 19.9 Å². The van der Waals surface area contributed by atoms with E-state index in [-0.39, 0.29) is 17.7 Å². The van der Waals surface area contributed by atoms with E-state index >= 15 is 0 Å². The van der Waals surface area contributed by atoms with Crippen molar-refractivity contribution < 1.29 is 26.7 Å². The van der Waals surface area contributed by atoms with Crippen molar-refractivity contribution in [3.63, 3.8) is 0 Å². The Bertz CT molecular complexity index is 783. The van der Waals surface area contributed by atoms with E-state index in [1.165, 1.54) is 18.2 Å². The van der Waals surface area contributed by atoms with E-state index in [0.29, 0.717) is 24.2 Å². The molecule has 0 spiro atoms. The van der Waals surface area contributed by atoms with Gasteiger partial charge >= 0.3 is 12.8 Å². The first-order valence-corrected chi connectivity index (χ1v) is 8.79. The maximum atomic E-state index is 12.9. The van der Waals surface area contributed by atoms with Gasteiger partial charge in [0.1, 0.15) is 5.75 Å². The molecule has 0 radical (unpaired) electrons. The Balaban J connectivity index is 2.53. The number of hydrogen-bond donors (Lipinski definition) is 0. The Labute approximate surface area is 155 Å². The summed E-state index contributed by atoms with van der Waals surface area (Å²) in [6, 6.07) is 4.32. The molecular formula is C19H23F5N2O. The molecule has 0 aliphatic heterocycles. The zero-order valence-corrected chi connectivity index (χ0v) is 15.7. The molecular weight excluding hydrogens is 367 g/mol. The number of nitrogens with zero attached hydrogens (tertiary/aromatic N) is 2. The first-order valence-electron chi connectivity index (χ1n) is 8.79. The number of hydrogen-bond acceptors (Lipinski definition) is 2. The Hall–Kier alpha value is -2.12. The fraction of sp³-hybridized carbons (Fsp3) is 0.526. The van der Waals surface area contributed by atoms with Crippen LogP contribution in [-0.4, -0.2) is 22.6 Å². The average Bonchev–Trinajstić information content (AvgIpc) is 2.89. The van der Waals surface area contributed by atoms with Gasteiger partial charge in [0, 0.05) is 12.1 Å². The van der Waals surface area contributed by atoms with Crippen LogP contribution in [0.1, 0.15) is 37.6 Å². The van der Waals surface area contributed by atoms with E-state index in [1.54, 1.807) is 4.68 Å². The highest BCUT2D eigenvalue weighted by atomic mass is 19.4. The van der Waals surface area contributed by atoms with Crippen molar-refractivity contribution in [2.24, 2.45) is 5.92 Å². The van der Waals surface area contributed by atoms with Gasteiger partial charge in [0.15, 0.2) is 0 Å². The van der Waals surface area contributed by atoms with Gasteiger partial charge in [-0.25, -0.2) is 0 Å². The Morgan fingerprint density at radius 1 is 1.19 bits per heavy atom. The van der Waals surface area contributed by atoms with Crippen molar-refractivity contribution in [3.05, 3.63) is 35.0 Å². The fourth-order valence-electron chi connectivity index (χ4n) is 3.06. The topological polar surface area (TPSA) is 27.1 Å². The molecule has 0 aliphatic carbocycles. The van der Waals surface area contributed by atoms with Crippen molar-refractivity contribution in [2.45, 2.75) is 59.9 Å². The van der Waals surface area contributed by atoms with Gasteiger partial charge in [0.2, 0.25) is 0 Å². The summed E-state index contributed by atoms with van der Waals surface area (Å²) in [6.07, 6.45) is -3.98. The predicted molar refractivity (Wildman–Crippen MR) is 93.0 cm³/mol. The molecule has 1 heterocycles. The van der Waals surface area contributed by atoms with Crippen molar-refractivity contribution in [1.82, 2.24) is 9.78 Å². The molecule has 0 aliphatic rings. The van der Waals surface area contributed by atoms with E-state index < -0.39 is 18.7 Å². The Morgan fingerprint density at radius 2 is 1.85 bits per heavy atom. The minimum absolute atomic E-state index is 0.141. The smallest absolute Gasteiger partial charge is 0.391 e. The molecule has 0 N–H and O–H groups in total. The number of aromatic nitrogens is 2. The molecule has 1 aromatic carbocycles. The van der Waals surface area contributed by atoms with Crippen LogP contribution in [0.2, 0.25) is 0 Å². The van der Waals surface area contributed by atoms with Crippen LogP contribution in [0.25, 0.3) is 11.3 Å². The van der Waals surface area contributed by atoms with Crippen LogP contribution in [0, 0.1) is 12.8 Å². The van der Waals surface area contributed by atoms with Gasteiger partial charge in [-0.15, -0.1) is 0 Å². The highest BCUT2D eigenvalue weighted by molar-refractivity contribution is 5.71. The highest BCUT2D eigenvalue weighted by Crippen LogP contribution is 2.37. The molecule has 0 amide bonds. The second-order valence-corrected chi connectivity index (χ2v) is 6.45. The van der Waals surface area contributed by atoms with Crippen LogP contribution >= 0.6 is 0 Å². The van der Waals surface area contributed by atoms with Crippen molar-refractivity contribution in [3.8, 4) is 17.0 Å². The number of aryl methyl sites for hydroxylation is 2. The summed E-state index contributed by atoms with van der Waals surface area (Å²) >= 11 is 0. The first kappa shape index (κ1) is 21.2. The third-order valence-corrected chi connectivity index (χ3v) is 4.54. The van der Waals surface area contributed by atoms with Crippen LogP contribution in [0.3, 0.4) is 0 Å². The van der Waals surface area contributed by atoms with Gasteiger partial charge in [0.25, 0.3) is 0 Å². The van der Waals surface area contributed by atoms with Crippen LogP contribution in [0.15, 0.2) is 18.2 Å². The minimum Gasteiger partial charge on any atom is -0.434 e. The number of ether oxygens (including phenoxy) is 1. The first-order chi connectivity index (χ1) is 12.6. The molecule has 0 saturated carbocycles. The van der Waals surface area contributed by atoms with Gasteiger partial charge in [-0.2, -0.15) is 27.1 Å². The molecule has 2 aromatic rings. The largest absolute Gasteiger partial charge is 0.434 e. The van der Waals surface area contributed by atoms with E-state index in [4.69, 9.17) is 0 Å². The van der Waals surface area contributed by atoms with Gasteiger partial charge in [0.05, 0.1) is 17.3 Å². The molecule has 3 nitrogen and oxygen atoms in total. The summed E-state index contributed by atoms with van der Waals surface area (Å²) in [5.74, 6) is -1.73. The van der Waals surface area contributed by atoms with Crippen LogP contribution in [-0.2, 0) is 19.4 Å². The maximum Gasteiger partial charge on any atom is 0.391 e. The molecule has 27 heavy (non-hydrogen) atoms. The lowest BCUT2D eigenvalue weighted by molar-refractivity contribution is -0.169. The third-order valence-electron chi connectivity index (χ3n) is 4.54. The van der Waals surface area contributed by atoms with Gasteiger partial charge < -0.3 is 4.74 Å². The zero-order valence-electron chi connectivity index (χ0n) is 15.7. The standard InChI is InChI=1S/C19H23F5N2O/c1-5-15-12(4)17(26(6-2)25-15)14-8-7-13(9-11(3)19(22,23)24)10-16(14)27-18(20)21/h7-8,10-11,18H,5-6,9H2,1-4H3/t11-/m0/s1. The zero-order chi connectivity index (χ0) is 20.4. The Kier molecular flexibility index (Phi) is 6.49. The summed E-state index contributed by atoms with van der Waals surface area (Å²) in [5, 5.41) is 4.47. The van der Waals surface area contributed by atoms with Crippen molar-refractivity contribution in [1.29, 1.82) is 0 Å². The molecule has 0 saturated heterocycles. The van der Waals surface area contributed by atoms with Crippen LogP contribution in [0.4, 0.5) is 22.0 Å². The number of benzene rings is 1. The third kappa shape index (κ3) is 4.78. The second-order valence-electron chi connectivity index (χ2n) is 6.45. The quantitative estimate of drug-likeness (QED) is 0.560. The summed E-state index contributed by atoms with van der Waals surface area (Å²) in [6.45, 7) is 4.17. The summed E-state index contributed by atoms with van der Waals surface area (Å²) in [7, 11) is 0. The van der Waals surface area contributed by atoms with Crippen LogP contribution in [0.5, 0.6) is 5.75 Å². The van der Waals surface area contributed by atoms with Gasteiger partial charge in [-0.05, 0) is 49.9 Å². The fourth-order valence-corrected chi connectivity index (χ4v) is 3.06. The average molecular weight is 390 g/mol. The van der Waals surface area contributed by atoms with E-state index in [2.05, 4.69) is 9.84 Å². The predicted octanol–water partition coefficient (Wildman–Crippen LogP) is 5.78. The van der Waals surface area contributed by atoms with Crippen LogP contribution < -0.4 is 4.74 Å². The SMILES string of the molecule is CCc1nn(CC)c(-c2ccc(C[C@H](C)C(F)(F)F)cc2OC(F)F)c1C. The van der Waals surface area contributed by atoms with E-state index in [0.717, 1.165) is 18.2 Å². The molecule has 150 valence electrons. The normalized spacial score (nSPS) is 13.3. The Morgan fingerprint density at radius 3 is 2.37 bits per heavy atom. The molecule has 1 atom stereocenters.